The van der Waals surface area contributed by atoms with Crippen LogP contribution in [-0.2, 0) is 17.9 Å². The molecule has 2 amide bonds. The molecule has 1 aromatic carbocycles. The van der Waals surface area contributed by atoms with Crippen molar-refractivity contribution in [2.45, 2.75) is 64.2 Å². The quantitative estimate of drug-likeness (QED) is 0.639. The molecule has 5 nitrogen and oxygen atoms in total. The van der Waals surface area contributed by atoms with Crippen molar-refractivity contribution >= 4 is 33.4 Å². The monoisotopic (exact) mass is 435 g/mol. The summed E-state index contributed by atoms with van der Waals surface area (Å²) in [5.74, 6) is 0.347. The van der Waals surface area contributed by atoms with Gasteiger partial charge >= 0.3 is 0 Å². The Morgan fingerprint density at radius 3 is 2.74 bits per heavy atom. The minimum atomic E-state index is -0.953. The van der Waals surface area contributed by atoms with E-state index in [0.29, 0.717) is 24.7 Å². The number of nitrogens with one attached hydrogen (secondary N) is 1. The molecule has 3 heterocycles. The van der Waals surface area contributed by atoms with Gasteiger partial charge in [-0.25, -0.2) is 0 Å². The lowest BCUT2D eigenvalue weighted by atomic mass is 9.85. The fourth-order valence-electron chi connectivity index (χ4n) is 5.14. The summed E-state index contributed by atoms with van der Waals surface area (Å²) in [5, 5.41) is 5.38. The smallest absolute Gasteiger partial charge is 0.271 e. The summed E-state index contributed by atoms with van der Waals surface area (Å²) in [6, 6.07) is 14.2. The number of carbonyl (C=O) groups excluding carboxylic acids is 2. The topological polar surface area (TPSA) is 54.3 Å². The van der Waals surface area contributed by atoms with E-state index in [-0.39, 0.29) is 17.9 Å². The molecule has 3 aromatic rings. The van der Waals surface area contributed by atoms with Crippen molar-refractivity contribution in [3.05, 3.63) is 59.1 Å². The summed E-state index contributed by atoms with van der Waals surface area (Å²) in [6.07, 6.45) is 4.53. The molecule has 0 unspecified atom stereocenters. The van der Waals surface area contributed by atoms with Crippen LogP contribution >= 0.6 is 11.3 Å². The van der Waals surface area contributed by atoms with Crippen LogP contribution in [0.5, 0.6) is 0 Å². The Bertz CT molecular complexity index is 1120. The summed E-state index contributed by atoms with van der Waals surface area (Å²) in [6.45, 7) is 5.04. The molecule has 1 aliphatic heterocycles. The summed E-state index contributed by atoms with van der Waals surface area (Å²) in [4.78, 5) is 29.2. The second-order valence-electron chi connectivity index (χ2n) is 9.28. The molecule has 1 N–H and O–H groups in total. The zero-order chi connectivity index (χ0) is 21.6. The molecule has 1 saturated carbocycles. The minimum Gasteiger partial charge on any atom is -0.351 e. The third-order valence-electron chi connectivity index (χ3n) is 7.15. The van der Waals surface area contributed by atoms with Gasteiger partial charge in [-0.3, -0.25) is 9.59 Å². The van der Waals surface area contributed by atoms with Gasteiger partial charge in [-0.15, -0.1) is 11.3 Å². The van der Waals surface area contributed by atoms with Crippen LogP contribution in [0.25, 0.3) is 10.2 Å². The van der Waals surface area contributed by atoms with Crippen molar-refractivity contribution in [1.29, 1.82) is 0 Å². The molecule has 0 bridgehead atoms. The van der Waals surface area contributed by atoms with Crippen LogP contribution in [0.1, 0.15) is 55.6 Å². The highest BCUT2D eigenvalue weighted by Gasteiger charge is 2.48. The van der Waals surface area contributed by atoms with Gasteiger partial charge in [-0.1, -0.05) is 50.1 Å². The largest absolute Gasteiger partial charge is 0.351 e. The molecule has 0 radical (unpaired) electrons. The molecule has 2 aromatic heterocycles. The van der Waals surface area contributed by atoms with Crippen LogP contribution < -0.4 is 5.32 Å². The van der Waals surface area contributed by atoms with Crippen molar-refractivity contribution in [2.75, 3.05) is 0 Å². The maximum atomic E-state index is 13.8. The third-order valence-corrected chi connectivity index (χ3v) is 8.00. The minimum absolute atomic E-state index is 0.0433. The molecule has 6 heteroatoms. The average molecular weight is 436 g/mol. The number of amides is 2. The number of nitrogens with zero attached hydrogens (tertiary/aromatic N) is 2. The maximum Gasteiger partial charge on any atom is 0.271 e. The second-order valence-corrected chi connectivity index (χ2v) is 10.2. The van der Waals surface area contributed by atoms with Gasteiger partial charge in [0.1, 0.15) is 11.2 Å². The Labute approximate surface area is 187 Å². The Hall–Kier alpha value is -2.60. The van der Waals surface area contributed by atoms with Gasteiger partial charge in [-0.05, 0) is 48.8 Å². The van der Waals surface area contributed by atoms with Crippen molar-refractivity contribution in [2.24, 2.45) is 5.92 Å². The fourth-order valence-corrected chi connectivity index (χ4v) is 5.96. The van der Waals surface area contributed by atoms with Crippen LogP contribution in [0.15, 0.2) is 47.8 Å². The van der Waals surface area contributed by atoms with Gasteiger partial charge in [0, 0.05) is 12.6 Å². The molecule has 0 spiro atoms. The molecule has 1 fully saturated rings. The first-order valence-corrected chi connectivity index (χ1v) is 12.1. The molecular formula is C25H29N3O2S. The van der Waals surface area contributed by atoms with Crippen LogP contribution in [0.2, 0.25) is 0 Å². The lowest BCUT2D eigenvalue weighted by Crippen LogP contribution is -2.65. The predicted molar refractivity (Wildman–Crippen MR) is 124 cm³/mol. The first-order chi connectivity index (χ1) is 15.0. The lowest BCUT2D eigenvalue weighted by molar-refractivity contribution is -0.134. The first kappa shape index (κ1) is 20.3. The summed E-state index contributed by atoms with van der Waals surface area (Å²) >= 11 is 1.63. The number of rotatable bonds is 4. The lowest BCUT2D eigenvalue weighted by Gasteiger charge is -2.45. The van der Waals surface area contributed by atoms with Gasteiger partial charge < -0.3 is 14.8 Å². The van der Waals surface area contributed by atoms with Gasteiger partial charge in [-0.2, -0.15) is 0 Å². The summed E-state index contributed by atoms with van der Waals surface area (Å²) < 4.78 is 3.13. The van der Waals surface area contributed by atoms with Crippen LogP contribution in [0, 0.1) is 5.92 Å². The van der Waals surface area contributed by atoms with E-state index >= 15 is 0 Å². The number of hydrogen-bond acceptors (Lipinski definition) is 3. The van der Waals surface area contributed by atoms with Crippen molar-refractivity contribution in [1.82, 2.24) is 14.8 Å². The predicted octanol–water partition coefficient (Wildman–Crippen LogP) is 4.81. The van der Waals surface area contributed by atoms with E-state index in [1.807, 2.05) is 59.3 Å². The normalized spacial score (nSPS) is 26.1. The van der Waals surface area contributed by atoms with Crippen molar-refractivity contribution in [3.63, 3.8) is 0 Å². The molecule has 162 valence electrons. The van der Waals surface area contributed by atoms with Crippen LogP contribution in [-0.4, -0.2) is 32.9 Å². The fraction of sp³-hybridized carbons (Fsp3) is 0.440. The molecule has 3 atom stereocenters. The van der Waals surface area contributed by atoms with E-state index in [1.54, 1.807) is 16.2 Å². The van der Waals surface area contributed by atoms with E-state index in [0.717, 1.165) is 35.0 Å². The molecular weight excluding hydrogens is 406 g/mol. The van der Waals surface area contributed by atoms with Crippen molar-refractivity contribution in [3.8, 4) is 0 Å². The Kier molecular flexibility index (Phi) is 5.13. The van der Waals surface area contributed by atoms with Gasteiger partial charge in [0.2, 0.25) is 5.91 Å². The van der Waals surface area contributed by atoms with E-state index in [2.05, 4.69) is 12.2 Å². The molecule has 5 rings (SSSR count). The van der Waals surface area contributed by atoms with E-state index in [4.69, 9.17) is 0 Å². The zero-order valence-electron chi connectivity index (χ0n) is 18.1. The van der Waals surface area contributed by atoms with Crippen LogP contribution in [0.4, 0.5) is 0 Å². The number of benzene rings is 1. The number of fused-ring (bicyclic) bond motifs is 3. The third kappa shape index (κ3) is 3.47. The standard InChI is InChI=1S/C25H29N3O2S/c1-17-8-6-7-11-19(17)26-24(30)25(2)16-27-20-12-13-31-22(20)14-21(27)23(29)28(25)15-18-9-4-3-5-10-18/h3-5,9-10,12-14,17,19H,6-8,11,15-16H2,1-2H3,(H,26,30)/t17-,19+,25-/m1/s1. The summed E-state index contributed by atoms with van der Waals surface area (Å²) in [5.41, 5.74) is 1.79. The summed E-state index contributed by atoms with van der Waals surface area (Å²) in [7, 11) is 0. The molecule has 0 saturated heterocycles. The van der Waals surface area contributed by atoms with Crippen molar-refractivity contribution < 1.29 is 9.59 Å². The highest BCUT2D eigenvalue weighted by atomic mass is 32.1. The maximum absolute atomic E-state index is 13.8. The number of carbonyl (C=O) groups is 2. The van der Waals surface area contributed by atoms with Crippen LogP contribution in [0.3, 0.4) is 0 Å². The van der Waals surface area contributed by atoms with Gasteiger partial charge in [0.15, 0.2) is 0 Å². The number of aromatic nitrogens is 1. The van der Waals surface area contributed by atoms with E-state index in [1.165, 1.54) is 6.42 Å². The van der Waals surface area contributed by atoms with E-state index < -0.39 is 5.54 Å². The number of thiophene rings is 1. The molecule has 31 heavy (non-hydrogen) atoms. The Morgan fingerprint density at radius 1 is 1.19 bits per heavy atom. The Balaban J connectivity index is 1.53. The average Bonchev–Trinajstić information content (AvgIpc) is 3.36. The first-order valence-electron chi connectivity index (χ1n) is 11.2. The number of hydrogen-bond donors (Lipinski definition) is 1. The highest BCUT2D eigenvalue weighted by Crippen LogP contribution is 2.35. The van der Waals surface area contributed by atoms with Gasteiger partial charge in [0.25, 0.3) is 5.91 Å². The second kappa shape index (κ2) is 7.83. The van der Waals surface area contributed by atoms with E-state index in [9.17, 15) is 9.59 Å². The Morgan fingerprint density at radius 2 is 1.97 bits per heavy atom. The van der Waals surface area contributed by atoms with Gasteiger partial charge in [0.05, 0.1) is 16.8 Å². The molecule has 1 aliphatic carbocycles. The highest BCUT2D eigenvalue weighted by molar-refractivity contribution is 7.17. The molecule has 2 aliphatic rings. The SMILES string of the molecule is C[C@@H]1CCCC[C@@H]1NC(=O)[C@@]1(C)Cn2c(cc3sccc32)C(=O)N1Cc1ccccc1. The zero-order valence-corrected chi connectivity index (χ0v) is 19.0.